The molecule has 1 amide bonds. The minimum Gasteiger partial charge on any atom is -0.484 e. The van der Waals surface area contributed by atoms with E-state index >= 15 is 0 Å². The third-order valence-corrected chi connectivity index (χ3v) is 3.34. The zero-order chi connectivity index (χ0) is 15.9. The van der Waals surface area contributed by atoms with Crippen LogP contribution in [-0.2, 0) is 11.3 Å². The van der Waals surface area contributed by atoms with Crippen LogP contribution in [0.2, 0.25) is 5.02 Å². The second kappa shape index (κ2) is 7.48. The molecule has 0 bridgehead atoms. The van der Waals surface area contributed by atoms with Crippen LogP contribution in [0.5, 0.6) is 5.75 Å². The maximum Gasteiger partial charge on any atom is 0.260 e. The summed E-state index contributed by atoms with van der Waals surface area (Å²) in [5, 5.41) is 9.49. The summed E-state index contributed by atoms with van der Waals surface area (Å²) in [6.07, 6.45) is 0. The number of carbonyl (C=O) groups excluding carboxylic acids is 1. The van der Waals surface area contributed by atoms with Gasteiger partial charge in [-0.3, -0.25) is 4.79 Å². The van der Waals surface area contributed by atoms with Gasteiger partial charge in [0.2, 0.25) is 0 Å². The number of rotatable bonds is 5. The first-order valence-electron chi connectivity index (χ1n) is 6.70. The van der Waals surface area contributed by atoms with E-state index in [1.807, 2.05) is 18.2 Å². The van der Waals surface area contributed by atoms with Crippen LogP contribution >= 0.6 is 11.6 Å². The van der Waals surface area contributed by atoms with Crippen LogP contribution in [0, 0.1) is 11.3 Å². The number of hydrogen-bond donors (Lipinski definition) is 0. The molecular formula is C17H15ClN2O2. The Morgan fingerprint density at radius 3 is 2.68 bits per heavy atom. The first-order valence-corrected chi connectivity index (χ1v) is 7.07. The average Bonchev–Trinajstić information content (AvgIpc) is 2.54. The number of hydrogen-bond acceptors (Lipinski definition) is 3. The first kappa shape index (κ1) is 15.9. The third-order valence-electron chi connectivity index (χ3n) is 3.08. The van der Waals surface area contributed by atoms with E-state index in [1.54, 1.807) is 48.3 Å². The summed E-state index contributed by atoms with van der Waals surface area (Å²) in [5.74, 6) is 0.365. The second-order valence-electron chi connectivity index (χ2n) is 4.80. The molecule has 2 rings (SSSR count). The fourth-order valence-corrected chi connectivity index (χ4v) is 1.99. The smallest absolute Gasteiger partial charge is 0.260 e. The summed E-state index contributed by atoms with van der Waals surface area (Å²) in [5.41, 5.74) is 1.49. The van der Waals surface area contributed by atoms with Crippen molar-refractivity contribution in [2.75, 3.05) is 13.7 Å². The number of nitrogens with zero attached hydrogens (tertiary/aromatic N) is 2. The molecule has 0 aliphatic rings. The van der Waals surface area contributed by atoms with E-state index < -0.39 is 0 Å². The molecule has 0 atom stereocenters. The minimum atomic E-state index is -0.141. The molecule has 0 saturated carbocycles. The van der Waals surface area contributed by atoms with Crippen LogP contribution in [0.4, 0.5) is 0 Å². The van der Waals surface area contributed by atoms with E-state index in [0.29, 0.717) is 22.9 Å². The zero-order valence-electron chi connectivity index (χ0n) is 12.1. The van der Waals surface area contributed by atoms with Gasteiger partial charge in [0, 0.05) is 18.6 Å². The molecule has 0 saturated heterocycles. The molecule has 0 radical (unpaired) electrons. The SMILES string of the molecule is CN(Cc1ccc(Cl)cc1)C(=O)COc1cccc(C#N)c1. The molecule has 5 heteroatoms. The Labute approximate surface area is 134 Å². The van der Waals surface area contributed by atoms with Gasteiger partial charge in [-0.05, 0) is 35.9 Å². The van der Waals surface area contributed by atoms with Crippen LogP contribution in [0.25, 0.3) is 0 Å². The van der Waals surface area contributed by atoms with Gasteiger partial charge in [0.15, 0.2) is 6.61 Å². The summed E-state index contributed by atoms with van der Waals surface area (Å²) < 4.78 is 5.42. The van der Waals surface area contributed by atoms with E-state index in [9.17, 15) is 4.79 Å². The topological polar surface area (TPSA) is 53.3 Å². The molecule has 0 fully saturated rings. The monoisotopic (exact) mass is 314 g/mol. The predicted octanol–water partition coefficient (Wildman–Crippen LogP) is 3.25. The van der Waals surface area contributed by atoms with Gasteiger partial charge in [-0.25, -0.2) is 0 Å². The number of likely N-dealkylation sites (N-methyl/N-ethyl adjacent to an activating group) is 1. The first-order chi connectivity index (χ1) is 10.6. The van der Waals surface area contributed by atoms with Crippen LogP contribution in [0.1, 0.15) is 11.1 Å². The maximum atomic E-state index is 12.1. The summed E-state index contributed by atoms with van der Waals surface area (Å²) in [6, 6.07) is 16.1. The van der Waals surface area contributed by atoms with Gasteiger partial charge in [-0.15, -0.1) is 0 Å². The van der Waals surface area contributed by atoms with Crippen molar-refractivity contribution in [1.29, 1.82) is 5.26 Å². The van der Waals surface area contributed by atoms with Gasteiger partial charge >= 0.3 is 0 Å². The van der Waals surface area contributed by atoms with Crippen molar-refractivity contribution in [3.63, 3.8) is 0 Å². The Bertz CT molecular complexity index is 693. The highest BCUT2D eigenvalue weighted by molar-refractivity contribution is 6.30. The lowest BCUT2D eigenvalue weighted by Crippen LogP contribution is -2.30. The maximum absolute atomic E-state index is 12.1. The molecule has 2 aromatic carbocycles. The van der Waals surface area contributed by atoms with E-state index in [-0.39, 0.29) is 12.5 Å². The quantitative estimate of drug-likeness (QED) is 0.851. The molecule has 0 aliphatic heterocycles. The van der Waals surface area contributed by atoms with Crippen molar-refractivity contribution >= 4 is 17.5 Å². The van der Waals surface area contributed by atoms with Crippen LogP contribution in [-0.4, -0.2) is 24.5 Å². The summed E-state index contributed by atoms with van der Waals surface area (Å²) in [7, 11) is 1.71. The molecule has 0 aliphatic carbocycles. The van der Waals surface area contributed by atoms with E-state index in [2.05, 4.69) is 0 Å². The lowest BCUT2D eigenvalue weighted by Gasteiger charge is -2.17. The number of benzene rings is 2. The predicted molar refractivity (Wildman–Crippen MR) is 84.6 cm³/mol. The Kier molecular flexibility index (Phi) is 5.40. The van der Waals surface area contributed by atoms with Crippen molar-refractivity contribution in [2.24, 2.45) is 0 Å². The Balaban J connectivity index is 1.88. The summed E-state index contributed by atoms with van der Waals surface area (Å²) in [6.45, 7) is 0.413. The van der Waals surface area contributed by atoms with Crippen LogP contribution in [0.3, 0.4) is 0 Å². The van der Waals surface area contributed by atoms with E-state index in [4.69, 9.17) is 21.6 Å². The lowest BCUT2D eigenvalue weighted by atomic mass is 10.2. The van der Waals surface area contributed by atoms with Crippen molar-refractivity contribution in [3.05, 3.63) is 64.7 Å². The number of ether oxygens (including phenoxy) is 1. The lowest BCUT2D eigenvalue weighted by molar-refractivity contribution is -0.132. The molecule has 22 heavy (non-hydrogen) atoms. The van der Waals surface area contributed by atoms with Crippen molar-refractivity contribution in [1.82, 2.24) is 4.90 Å². The molecule has 112 valence electrons. The highest BCUT2D eigenvalue weighted by Crippen LogP contribution is 2.13. The number of nitriles is 1. The third kappa shape index (κ3) is 4.51. The summed E-state index contributed by atoms with van der Waals surface area (Å²) >= 11 is 5.83. The molecule has 2 aromatic rings. The van der Waals surface area contributed by atoms with Crippen LogP contribution in [0.15, 0.2) is 48.5 Å². The Morgan fingerprint density at radius 2 is 2.00 bits per heavy atom. The largest absolute Gasteiger partial charge is 0.484 e. The van der Waals surface area contributed by atoms with Gasteiger partial charge < -0.3 is 9.64 Å². The molecule has 0 unspecified atom stereocenters. The molecule has 0 heterocycles. The van der Waals surface area contributed by atoms with Crippen molar-refractivity contribution < 1.29 is 9.53 Å². The van der Waals surface area contributed by atoms with E-state index in [1.165, 1.54) is 0 Å². The molecular weight excluding hydrogens is 300 g/mol. The molecule has 0 N–H and O–H groups in total. The number of halogens is 1. The van der Waals surface area contributed by atoms with Crippen LogP contribution < -0.4 is 4.74 Å². The minimum absolute atomic E-state index is 0.0705. The Morgan fingerprint density at radius 1 is 1.27 bits per heavy atom. The van der Waals surface area contributed by atoms with E-state index in [0.717, 1.165) is 5.56 Å². The fraction of sp³-hybridized carbons (Fsp3) is 0.176. The fourth-order valence-electron chi connectivity index (χ4n) is 1.86. The second-order valence-corrected chi connectivity index (χ2v) is 5.24. The summed E-state index contributed by atoms with van der Waals surface area (Å²) in [4.78, 5) is 13.6. The van der Waals surface area contributed by atoms with Gasteiger partial charge in [-0.2, -0.15) is 5.26 Å². The number of carbonyl (C=O) groups is 1. The molecule has 4 nitrogen and oxygen atoms in total. The number of amides is 1. The molecule has 0 spiro atoms. The van der Waals surface area contributed by atoms with Gasteiger partial charge in [0.25, 0.3) is 5.91 Å². The molecule has 0 aromatic heterocycles. The Hall–Kier alpha value is -2.51. The van der Waals surface area contributed by atoms with Crippen molar-refractivity contribution in [3.8, 4) is 11.8 Å². The normalized spacial score (nSPS) is 9.86. The zero-order valence-corrected chi connectivity index (χ0v) is 12.9. The highest BCUT2D eigenvalue weighted by Gasteiger charge is 2.10. The average molecular weight is 315 g/mol. The van der Waals surface area contributed by atoms with Gasteiger partial charge in [0.05, 0.1) is 11.6 Å². The van der Waals surface area contributed by atoms with Gasteiger partial charge in [-0.1, -0.05) is 29.8 Å². The van der Waals surface area contributed by atoms with Gasteiger partial charge in [0.1, 0.15) is 5.75 Å². The standard InChI is InChI=1S/C17H15ClN2O2/c1-20(11-13-5-7-15(18)8-6-13)17(21)12-22-16-4-2-3-14(9-16)10-19/h2-9H,11-12H2,1H3. The van der Waals surface area contributed by atoms with Crippen molar-refractivity contribution in [2.45, 2.75) is 6.54 Å². The highest BCUT2D eigenvalue weighted by atomic mass is 35.5.